The van der Waals surface area contributed by atoms with Gasteiger partial charge in [0.15, 0.2) is 0 Å². The summed E-state index contributed by atoms with van der Waals surface area (Å²) in [6, 6.07) is 7.90. The number of hydrogen-bond acceptors (Lipinski definition) is 2. The van der Waals surface area contributed by atoms with Crippen LogP contribution in [0.15, 0.2) is 24.3 Å². The lowest BCUT2D eigenvalue weighted by molar-refractivity contribution is -0.142. The van der Waals surface area contributed by atoms with Gasteiger partial charge in [-0.3, -0.25) is 4.79 Å². The maximum Gasteiger partial charge on any atom is 0.310 e. The highest BCUT2D eigenvalue weighted by molar-refractivity contribution is 9.09. The SMILES string of the molecule is CCOC(=O)Cc1ccccc1C(C)Br. The Balaban J connectivity index is 2.80. The Hall–Kier alpha value is -0.830. The molecular weight excluding hydrogens is 256 g/mol. The number of carbonyl (C=O) groups excluding carboxylic acids is 1. The van der Waals surface area contributed by atoms with Crippen LogP contribution in [0.4, 0.5) is 0 Å². The van der Waals surface area contributed by atoms with Gasteiger partial charge < -0.3 is 4.74 Å². The van der Waals surface area contributed by atoms with Crippen LogP contribution in [0.3, 0.4) is 0 Å². The number of alkyl halides is 1. The van der Waals surface area contributed by atoms with Crippen molar-refractivity contribution in [2.24, 2.45) is 0 Å². The fourth-order valence-electron chi connectivity index (χ4n) is 1.45. The summed E-state index contributed by atoms with van der Waals surface area (Å²) in [6.45, 7) is 4.30. The first kappa shape index (κ1) is 12.2. The molecule has 2 nitrogen and oxygen atoms in total. The van der Waals surface area contributed by atoms with Crippen molar-refractivity contribution in [3.8, 4) is 0 Å². The lowest BCUT2D eigenvalue weighted by atomic mass is 10.0. The van der Waals surface area contributed by atoms with E-state index < -0.39 is 0 Å². The summed E-state index contributed by atoms with van der Waals surface area (Å²) in [5, 5.41) is 0. The third-order valence-electron chi connectivity index (χ3n) is 2.12. The van der Waals surface area contributed by atoms with Gasteiger partial charge >= 0.3 is 5.97 Å². The highest BCUT2D eigenvalue weighted by atomic mass is 79.9. The molecule has 0 radical (unpaired) electrons. The molecule has 0 spiro atoms. The quantitative estimate of drug-likeness (QED) is 0.620. The molecule has 0 heterocycles. The Morgan fingerprint density at radius 2 is 2.13 bits per heavy atom. The molecule has 0 N–H and O–H groups in total. The van der Waals surface area contributed by atoms with Crippen molar-refractivity contribution in [3.05, 3.63) is 35.4 Å². The molecule has 1 aromatic carbocycles. The molecule has 0 aromatic heterocycles. The Kier molecular flexibility index (Phi) is 4.82. The summed E-state index contributed by atoms with van der Waals surface area (Å²) in [4.78, 5) is 11.6. The van der Waals surface area contributed by atoms with E-state index in [1.54, 1.807) is 0 Å². The zero-order chi connectivity index (χ0) is 11.3. The predicted octanol–water partition coefficient (Wildman–Crippen LogP) is 3.25. The Labute approximate surface area is 98.8 Å². The number of ether oxygens (including phenoxy) is 1. The van der Waals surface area contributed by atoms with Gasteiger partial charge in [-0.1, -0.05) is 40.2 Å². The van der Waals surface area contributed by atoms with E-state index in [0.29, 0.717) is 13.0 Å². The third kappa shape index (κ3) is 3.67. The number of rotatable bonds is 4. The number of halogens is 1. The van der Waals surface area contributed by atoms with Crippen molar-refractivity contribution in [2.45, 2.75) is 25.1 Å². The maximum absolute atomic E-state index is 11.3. The maximum atomic E-state index is 11.3. The average Bonchev–Trinajstić information content (AvgIpc) is 2.18. The number of benzene rings is 1. The molecule has 0 bridgehead atoms. The molecule has 82 valence electrons. The largest absolute Gasteiger partial charge is 0.466 e. The van der Waals surface area contributed by atoms with Gasteiger partial charge in [0, 0.05) is 4.83 Å². The van der Waals surface area contributed by atoms with Crippen molar-refractivity contribution >= 4 is 21.9 Å². The smallest absolute Gasteiger partial charge is 0.310 e. The van der Waals surface area contributed by atoms with E-state index in [1.165, 1.54) is 0 Å². The zero-order valence-electron chi connectivity index (χ0n) is 9.00. The standard InChI is InChI=1S/C12H15BrO2/c1-3-15-12(14)8-10-6-4-5-7-11(10)9(2)13/h4-7,9H,3,8H2,1-2H3. The van der Waals surface area contributed by atoms with E-state index in [-0.39, 0.29) is 10.8 Å². The van der Waals surface area contributed by atoms with Gasteiger partial charge in [0.05, 0.1) is 13.0 Å². The van der Waals surface area contributed by atoms with Crippen molar-refractivity contribution in [3.63, 3.8) is 0 Å². The molecule has 0 fully saturated rings. The number of carbonyl (C=O) groups is 1. The summed E-state index contributed by atoms with van der Waals surface area (Å²) in [5.74, 6) is -0.168. The fraction of sp³-hybridized carbons (Fsp3) is 0.417. The fourth-order valence-corrected chi connectivity index (χ4v) is 1.90. The van der Waals surface area contributed by atoms with Gasteiger partial charge in [-0.25, -0.2) is 0 Å². The van der Waals surface area contributed by atoms with Gasteiger partial charge in [-0.15, -0.1) is 0 Å². The van der Waals surface area contributed by atoms with Crippen molar-refractivity contribution in [1.82, 2.24) is 0 Å². The van der Waals surface area contributed by atoms with Gasteiger partial charge in [0.25, 0.3) is 0 Å². The van der Waals surface area contributed by atoms with Crippen LogP contribution in [0.5, 0.6) is 0 Å². The molecule has 1 aromatic rings. The molecule has 3 heteroatoms. The van der Waals surface area contributed by atoms with E-state index in [2.05, 4.69) is 15.9 Å². The van der Waals surface area contributed by atoms with Gasteiger partial charge in [0.1, 0.15) is 0 Å². The van der Waals surface area contributed by atoms with Crippen molar-refractivity contribution in [2.75, 3.05) is 6.61 Å². The van der Waals surface area contributed by atoms with Crippen LogP contribution in [0.25, 0.3) is 0 Å². The van der Waals surface area contributed by atoms with Crippen LogP contribution < -0.4 is 0 Å². The third-order valence-corrected chi connectivity index (χ3v) is 2.62. The Morgan fingerprint density at radius 3 is 2.73 bits per heavy atom. The van der Waals surface area contributed by atoms with E-state index in [1.807, 2.05) is 38.1 Å². The van der Waals surface area contributed by atoms with Crippen LogP contribution in [-0.2, 0) is 16.0 Å². The lowest BCUT2D eigenvalue weighted by Crippen LogP contribution is -2.09. The molecule has 1 atom stereocenters. The molecule has 1 unspecified atom stereocenters. The van der Waals surface area contributed by atoms with Crippen molar-refractivity contribution in [1.29, 1.82) is 0 Å². The molecule has 15 heavy (non-hydrogen) atoms. The topological polar surface area (TPSA) is 26.3 Å². The van der Waals surface area contributed by atoms with E-state index in [9.17, 15) is 4.79 Å². The van der Waals surface area contributed by atoms with E-state index in [0.717, 1.165) is 11.1 Å². The first-order chi connectivity index (χ1) is 7.15. The van der Waals surface area contributed by atoms with Crippen LogP contribution in [0.1, 0.15) is 29.8 Å². The molecule has 0 saturated carbocycles. The molecule has 1 rings (SSSR count). The first-order valence-corrected chi connectivity index (χ1v) is 5.94. The summed E-state index contributed by atoms with van der Waals surface area (Å²) in [7, 11) is 0. The van der Waals surface area contributed by atoms with Crippen LogP contribution in [0, 0.1) is 0 Å². The molecule has 0 aliphatic heterocycles. The highest BCUT2D eigenvalue weighted by Gasteiger charge is 2.10. The first-order valence-electron chi connectivity index (χ1n) is 5.02. The summed E-state index contributed by atoms with van der Waals surface area (Å²) >= 11 is 3.51. The second kappa shape index (κ2) is 5.91. The number of hydrogen-bond donors (Lipinski definition) is 0. The second-order valence-corrected chi connectivity index (χ2v) is 4.67. The van der Waals surface area contributed by atoms with Crippen LogP contribution in [-0.4, -0.2) is 12.6 Å². The normalized spacial score (nSPS) is 12.2. The highest BCUT2D eigenvalue weighted by Crippen LogP contribution is 2.25. The summed E-state index contributed by atoms with van der Waals surface area (Å²) < 4.78 is 4.93. The average molecular weight is 271 g/mol. The minimum Gasteiger partial charge on any atom is -0.466 e. The molecule has 0 saturated heterocycles. The second-order valence-electron chi connectivity index (χ2n) is 3.30. The summed E-state index contributed by atoms with van der Waals surface area (Å²) in [6.07, 6.45) is 0.347. The molecule has 0 aliphatic rings. The van der Waals surface area contributed by atoms with E-state index >= 15 is 0 Å². The minimum absolute atomic E-state index is 0.168. The molecule has 0 aliphatic carbocycles. The lowest BCUT2D eigenvalue weighted by Gasteiger charge is -2.10. The predicted molar refractivity (Wildman–Crippen MR) is 64.1 cm³/mol. The molecule has 0 amide bonds. The summed E-state index contributed by atoms with van der Waals surface area (Å²) in [5.41, 5.74) is 2.17. The van der Waals surface area contributed by atoms with Crippen LogP contribution in [0.2, 0.25) is 0 Å². The van der Waals surface area contributed by atoms with Gasteiger partial charge in [0.2, 0.25) is 0 Å². The van der Waals surface area contributed by atoms with Gasteiger partial charge in [-0.05, 0) is 25.0 Å². The Bertz CT molecular complexity index is 334. The van der Waals surface area contributed by atoms with Crippen LogP contribution >= 0.6 is 15.9 Å². The monoisotopic (exact) mass is 270 g/mol. The van der Waals surface area contributed by atoms with Crippen molar-refractivity contribution < 1.29 is 9.53 Å². The minimum atomic E-state index is -0.168. The number of esters is 1. The molecular formula is C12H15BrO2. The Morgan fingerprint density at radius 1 is 1.47 bits per heavy atom. The zero-order valence-corrected chi connectivity index (χ0v) is 10.6. The van der Waals surface area contributed by atoms with Gasteiger partial charge in [-0.2, -0.15) is 0 Å². The van der Waals surface area contributed by atoms with E-state index in [4.69, 9.17) is 4.74 Å².